The summed E-state index contributed by atoms with van der Waals surface area (Å²) in [6.07, 6.45) is 0. The molecule has 0 aliphatic carbocycles. The van der Waals surface area contributed by atoms with Crippen LogP contribution in [-0.4, -0.2) is 96.0 Å². The van der Waals surface area contributed by atoms with Gasteiger partial charge >= 0.3 is 178 Å². The predicted octanol–water partition coefficient (Wildman–Crippen LogP) is 24.1. The number of para-hydroxylation sites is 5. The molecule has 0 saturated heterocycles. The molecule has 0 aromatic heterocycles. The second-order valence-electron chi connectivity index (χ2n) is 32.9. The molecule has 0 aliphatic heterocycles. The van der Waals surface area contributed by atoms with E-state index in [1.807, 2.05) is 79.3 Å². The zero-order chi connectivity index (χ0) is 92.6. The van der Waals surface area contributed by atoms with Crippen molar-refractivity contribution in [3.05, 3.63) is 238 Å². The topological polar surface area (TPSA) is 117 Å². The van der Waals surface area contributed by atoms with Gasteiger partial charge in [-0.15, -0.1) is 0 Å². The fraction of sp³-hybridized carbons (Fsp3) is 0.341. The molecule has 10 rings (SSSR count). The first-order chi connectivity index (χ1) is 56.4. The molecular weight excluding hydrogens is 1990 g/mol. The van der Waals surface area contributed by atoms with Gasteiger partial charge in [0.25, 0.3) is 0 Å². The van der Waals surface area contributed by atoms with Crippen molar-refractivity contribution < 1.29 is 111 Å². The quantitative estimate of drug-likeness (QED) is 0.0502. The normalized spacial score (nSPS) is 11.0. The van der Waals surface area contributed by atoms with Gasteiger partial charge in [0.1, 0.15) is 28.7 Å². The van der Waals surface area contributed by atoms with Crippen molar-refractivity contribution in [2.75, 3.05) is 95.0 Å². The van der Waals surface area contributed by atoms with Crippen molar-refractivity contribution in [2.24, 2.45) is 0 Å². The summed E-state index contributed by atoms with van der Waals surface area (Å²) in [5.74, 6) is 2.14. The van der Waals surface area contributed by atoms with Gasteiger partial charge in [-0.2, -0.15) is 0 Å². The van der Waals surface area contributed by atoms with Crippen LogP contribution in [0.15, 0.2) is 188 Å². The van der Waals surface area contributed by atoms with E-state index < -0.39 is 85.2 Å². The van der Waals surface area contributed by atoms with Crippen LogP contribution in [0.25, 0.3) is 0 Å². The van der Waals surface area contributed by atoms with E-state index in [1.165, 1.54) is 82.8 Å². The molecule has 0 heterocycles. The third-order valence-corrected chi connectivity index (χ3v) is 24.6. The minimum atomic E-state index is -0.556. The van der Waals surface area contributed by atoms with Gasteiger partial charge in [0.2, 0.25) is 0 Å². The van der Waals surface area contributed by atoms with E-state index in [2.05, 4.69) is 315 Å². The van der Waals surface area contributed by atoms with Gasteiger partial charge in [-0.1, -0.05) is 253 Å². The number of rotatable bonds is 15. The fourth-order valence-corrected chi connectivity index (χ4v) is 19.1. The summed E-state index contributed by atoms with van der Waals surface area (Å²) >= 11 is -2.78. The molecule has 0 bridgehead atoms. The van der Waals surface area contributed by atoms with Gasteiger partial charge in [-0.25, -0.2) is 0 Å². The van der Waals surface area contributed by atoms with E-state index in [9.17, 15) is 25.5 Å². The molecule has 0 saturated carbocycles. The Morgan fingerprint density at radius 3 is 0.744 bits per heavy atom. The third kappa shape index (κ3) is 42.7. The Kier molecular flexibility index (Phi) is 58.4. The Morgan fingerprint density at radius 1 is 0.240 bits per heavy atom. The van der Waals surface area contributed by atoms with Crippen LogP contribution in [0.2, 0.25) is 0 Å². The average molecular weight is 2110 g/mol. The average Bonchev–Trinajstić information content (AvgIpc) is 0.785. The first-order valence-electron chi connectivity index (χ1n) is 38.1. The number of aryl methyl sites for hydroxylation is 5. The van der Waals surface area contributed by atoms with Gasteiger partial charge < -0.3 is 50.0 Å². The van der Waals surface area contributed by atoms with Crippen LogP contribution in [-0.2, 0) is 107 Å². The van der Waals surface area contributed by atoms with Gasteiger partial charge in [0, 0.05) is 163 Å². The molecule has 10 aromatic rings. The van der Waals surface area contributed by atoms with Crippen LogP contribution in [0.1, 0.15) is 133 Å². The molecule has 30 heteroatoms. The Morgan fingerprint density at radius 2 is 0.463 bits per heavy atom. The molecule has 656 valence electrons. The van der Waals surface area contributed by atoms with E-state index in [1.54, 1.807) is 6.07 Å². The molecule has 10 nitrogen and oxygen atoms in total. The molecule has 0 spiro atoms. The van der Waals surface area contributed by atoms with Crippen LogP contribution in [0.3, 0.4) is 0 Å². The summed E-state index contributed by atoms with van der Waals surface area (Å²) < 4.78 is 0. The second kappa shape index (κ2) is 60.0. The van der Waals surface area contributed by atoms with Crippen molar-refractivity contribution >= 4 is 217 Å². The van der Waals surface area contributed by atoms with E-state index >= 15 is 0 Å². The summed E-state index contributed by atoms with van der Waals surface area (Å²) in [5.41, 5.74) is 16.1. The number of hydrogen-bond acceptors (Lipinski definition) is 10. The molecule has 5 unspecified atom stereocenters. The van der Waals surface area contributed by atoms with Crippen molar-refractivity contribution in [3.8, 4) is 28.7 Å². The minimum absolute atomic E-state index is 0.0496. The molecule has 121 heavy (non-hydrogen) atoms. The summed E-state index contributed by atoms with van der Waals surface area (Å²) in [4.78, 5) is 10.6. The van der Waals surface area contributed by atoms with E-state index in [0.29, 0.717) is 71.7 Å². The van der Waals surface area contributed by atoms with E-state index in [0.717, 1.165) is 48.8 Å². The van der Waals surface area contributed by atoms with Crippen LogP contribution in [0.5, 0.6) is 28.7 Å². The van der Waals surface area contributed by atoms with Gasteiger partial charge in [0.05, 0.1) is 0 Å². The maximum absolute atomic E-state index is 11.0. The number of phenolic OH excluding ortho intramolecular Hbond substituents is 5. The van der Waals surface area contributed by atoms with Crippen molar-refractivity contribution in [1.82, 2.24) is 0 Å². The van der Waals surface area contributed by atoms with Gasteiger partial charge in [-0.05, 0) is 156 Å². The van der Waals surface area contributed by atoms with Crippen molar-refractivity contribution in [1.29, 1.82) is 0 Å². The number of nitrogens with zero attached hydrogens (tertiary/aromatic N) is 5. The molecule has 0 radical (unpaired) electrons. The first kappa shape index (κ1) is 118. The molecular formula is C91H122Cl10N5O5P5Ti5. The van der Waals surface area contributed by atoms with Crippen molar-refractivity contribution in [3.63, 3.8) is 0 Å². The maximum atomic E-state index is 11.0. The molecule has 10 aromatic carbocycles. The molecule has 5 atom stereocenters. The fourth-order valence-electron chi connectivity index (χ4n) is 11.9. The Bertz CT molecular complexity index is 4690. The van der Waals surface area contributed by atoms with Gasteiger partial charge in [-0.3, -0.25) is 0 Å². The number of hydrogen-bond donors (Lipinski definition) is 5. The Balaban J connectivity index is 0.000000726. The Hall–Kier alpha value is -1.18. The molecule has 5 N–H and O–H groups in total. The Labute approximate surface area is 819 Å². The van der Waals surface area contributed by atoms with E-state index in [-0.39, 0.29) is 21.7 Å². The SMILES string of the molecule is CN(C)c1ccccc1Pc1cc(C(C)(C)C)cc(C(C)(C)C)c1O.Cc1cc(C(C)(C)C)cc(Pc2ccccc2N(C)C)c1O.Cc1cc(C)c(O)c(Pc2ccccc2N(C)C)c1.Cc1cc(Pc2ccccc2N(C)C)c(O)c(C(C)(C)C)c1.Cc1ccc(O)c(Pc2ccccc2N(C)C)c1.[Cl][Ti][Cl].[Cl][Ti][Cl].[Cl][Ti][Cl].[Cl][Ti][Cl].[Cl][Ti][Cl]. The van der Waals surface area contributed by atoms with Crippen LogP contribution in [0.4, 0.5) is 28.4 Å². The number of benzene rings is 10. The summed E-state index contributed by atoms with van der Waals surface area (Å²) in [6, 6.07) is 64.6. The summed E-state index contributed by atoms with van der Waals surface area (Å²) in [6.45, 7) is 36.4. The third-order valence-electron chi connectivity index (χ3n) is 17.9. The molecule has 0 aliphatic rings. The number of halogens is 10. The number of aromatic hydroxyl groups is 5. The number of anilines is 5. The predicted molar refractivity (Wildman–Crippen MR) is 539 cm³/mol. The summed E-state index contributed by atoms with van der Waals surface area (Å²) in [5, 5.41) is 63.7. The monoisotopic (exact) mass is 2110 g/mol. The zero-order valence-corrected chi connectivity index (χ0v) is 95.0. The van der Waals surface area contributed by atoms with E-state index in [4.69, 9.17) is 93.0 Å². The summed E-state index contributed by atoms with van der Waals surface area (Å²) in [7, 11) is 71.7. The van der Waals surface area contributed by atoms with Crippen molar-refractivity contribution in [2.45, 2.75) is 139 Å². The van der Waals surface area contributed by atoms with Gasteiger partial charge in [0.15, 0.2) is 0 Å². The zero-order valence-electron chi connectivity index (χ0n) is 74.6. The molecule has 0 amide bonds. The van der Waals surface area contributed by atoms with Crippen LogP contribution in [0, 0.1) is 34.6 Å². The standard InChI is InChI=1S/C22H32NOP.2C19H26NOP.C16H20NOP.C15H18NOP.10ClH.5Ti/c1-21(2,3)15-13-16(22(4,5)6)20(24)19(14-15)25-18-12-10-9-11-17(18)23(7)8;1-13-11-14(19(2,3)4)12-17(18(13)21)22-16-10-8-7-9-15(16)20(5)6;1-13-11-14(19(2,3)4)18(21)17(12-13)22-16-10-8-7-9-15(16)20(5)6;1-11-9-12(2)16(18)15(10-11)19-14-8-6-5-7-13(14)17(3)4;1-11-8-9-13(17)15(10-11)18-14-7-5-4-6-12(14)16(2)3;;;;;;;;;;;;;;;/h9-14,24-25H,1-8H3;2*7-12,21-22H,1-6H3;5-10,18-19H,1-4H3;4-10,17-18H,1-3H3;10*1H;;;;;/q;;;;;;;;;;;;;;;5*+2/p-10. The second-order valence-corrected chi connectivity index (χ2v) is 52.4. The number of phenols is 5. The molecule has 0 fully saturated rings. The van der Waals surface area contributed by atoms with Crippen LogP contribution >= 0.6 is 136 Å². The van der Waals surface area contributed by atoms with Crippen LogP contribution < -0.4 is 77.5 Å². The first-order valence-corrected chi connectivity index (χ1v) is 64.6.